The van der Waals surface area contributed by atoms with Gasteiger partial charge in [0.25, 0.3) is 6.71 Å². The number of rotatable bonds is 2. The van der Waals surface area contributed by atoms with E-state index < -0.39 is 0 Å². The van der Waals surface area contributed by atoms with E-state index in [1.54, 1.807) is 0 Å². The second-order valence-corrected chi connectivity index (χ2v) is 25.6. The second-order valence-electron chi connectivity index (χ2n) is 25.6. The van der Waals surface area contributed by atoms with Gasteiger partial charge in [0.2, 0.25) is 0 Å². The van der Waals surface area contributed by atoms with E-state index in [0.717, 1.165) is 0 Å². The van der Waals surface area contributed by atoms with Gasteiger partial charge in [0.05, 0.1) is 22.1 Å². The SMILES string of the molecule is c1cc2c3c(c1)-n1c4ccc(-c5ccc6ccc7cccc8ccc5c6c78)cc4c4c5c6ccccc6c6ccccc6c5cc(c41)B3c1cc3c4ccccc4c4ccccc4c3c3c4cc(-c5ccc6ccc7cccc8ccc5c6c78)ccc4n-2c13. The molecule has 23 rings (SSSR count). The molecule has 0 N–H and O–H groups in total. The predicted octanol–water partition coefficient (Wildman–Crippen LogP) is 21.1. The summed E-state index contributed by atoms with van der Waals surface area (Å²) in [4.78, 5) is 0. The Labute approximate surface area is 508 Å². The Morgan fingerprint density at radius 2 is 0.562 bits per heavy atom. The molecule has 2 nitrogen and oxygen atoms in total. The number of aromatic nitrogens is 2. The fraction of sp³-hybridized carbons (Fsp3) is 0. The van der Waals surface area contributed by atoms with Gasteiger partial charge in [0.15, 0.2) is 0 Å². The molecule has 2 aromatic heterocycles. The lowest BCUT2D eigenvalue weighted by Crippen LogP contribution is -2.59. The number of benzene rings is 19. The maximum atomic E-state index is 2.68. The zero-order valence-corrected chi connectivity index (χ0v) is 48.0. The van der Waals surface area contributed by atoms with Crippen molar-refractivity contribution in [3.05, 3.63) is 273 Å². The lowest BCUT2D eigenvalue weighted by Gasteiger charge is -2.34. The van der Waals surface area contributed by atoms with Gasteiger partial charge in [-0.3, -0.25) is 0 Å². The van der Waals surface area contributed by atoms with Crippen LogP contribution in [-0.4, -0.2) is 15.8 Å². The third-order valence-electron chi connectivity index (χ3n) is 21.7. The summed E-state index contributed by atoms with van der Waals surface area (Å²) in [6, 6.07) is 105. The molecule has 21 aromatic rings. The van der Waals surface area contributed by atoms with Crippen molar-refractivity contribution in [2.45, 2.75) is 0 Å². The van der Waals surface area contributed by atoms with Gasteiger partial charge in [0, 0.05) is 43.7 Å². The molecule has 19 aromatic carbocycles. The molecule has 4 heterocycles. The average Bonchev–Trinajstić information content (AvgIpc) is 1.59. The van der Waals surface area contributed by atoms with Crippen LogP contribution in [0.15, 0.2) is 273 Å². The van der Waals surface area contributed by atoms with Crippen molar-refractivity contribution in [2.75, 3.05) is 0 Å². The Balaban J connectivity index is 0.885. The highest BCUT2D eigenvalue weighted by Gasteiger charge is 2.42. The minimum atomic E-state index is -0.0989. The van der Waals surface area contributed by atoms with E-state index in [0.29, 0.717) is 0 Å². The Hall–Kier alpha value is -11.5. The molecule has 3 heteroatoms. The molecule has 0 saturated carbocycles. The summed E-state index contributed by atoms with van der Waals surface area (Å²) < 4.78 is 5.35. The standard InChI is InChI=1S/C86H45BN2/c1-3-20-60-56(16-1)58-18-5-7-22-62(58)80-66(60)44-70-85-82(80)68-42-52(54-36-30-50-28-26-46-12-9-14-48-32-38-64(54)78(50)76(46)48)34-40-72(68)88(85)74-24-11-25-75-84(74)87(70)71-45-67-61-21-4-2-17-57(61)59-19-6-8-23-63(59)81(67)83-69-43-53(35-41-73(69)89(75)86(71)83)55-37-31-51-29-27-47-13-10-15-49-33-39-65(55)79(51)77(47)49/h1-45H. The average molecular weight is 1120 g/mol. The molecular formula is C86H45BN2. The maximum Gasteiger partial charge on any atom is 0.252 e. The Kier molecular flexibility index (Phi) is 8.19. The first kappa shape index (κ1) is 45.8. The highest BCUT2D eigenvalue weighted by Crippen LogP contribution is 2.51. The van der Waals surface area contributed by atoms with Crippen LogP contribution < -0.4 is 16.4 Å². The van der Waals surface area contributed by atoms with E-state index in [1.807, 2.05) is 0 Å². The first-order chi connectivity index (χ1) is 44.2. The molecule has 0 radical (unpaired) electrons. The van der Waals surface area contributed by atoms with E-state index in [2.05, 4.69) is 282 Å². The van der Waals surface area contributed by atoms with Crippen LogP contribution in [0.5, 0.6) is 0 Å². The third-order valence-corrected chi connectivity index (χ3v) is 21.7. The molecule has 0 atom stereocenters. The van der Waals surface area contributed by atoms with Gasteiger partial charge in [-0.1, -0.05) is 237 Å². The topological polar surface area (TPSA) is 9.86 Å². The summed E-state index contributed by atoms with van der Waals surface area (Å²) in [7, 11) is 0. The van der Waals surface area contributed by atoms with Crippen molar-refractivity contribution in [3.63, 3.8) is 0 Å². The highest BCUT2D eigenvalue weighted by atomic mass is 15.0. The van der Waals surface area contributed by atoms with Gasteiger partial charge in [-0.05, 0) is 194 Å². The Morgan fingerprint density at radius 1 is 0.213 bits per heavy atom. The van der Waals surface area contributed by atoms with Crippen molar-refractivity contribution in [1.82, 2.24) is 9.13 Å². The quantitative estimate of drug-likeness (QED) is 0.121. The van der Waals surface area contributed by atoms with Crippen molar-refractivity contribution in [3.8, 4) is 33.6 Å². The normalized spacial score (nSPS) is 13.1. The lowest BCUT2D eigenvalue weighted by molar-refractivity contribution is 1.14. The molecule has 0 aliphatic carbocycles. The Bertz CT molecular complexity index is 6470. The van der Waals surface area contributed by atoms with Crippen molar-refractivity contribution in [1.29, 1.82) is 0 Å². The summed E-state index contributed by atoms with van der Waals surface area (Å²) in [6.45, 7) is -0.0989. The smallest absolute Gasteiger partial charge is 0.252 e. The first-order valence-corrected chi connectivity index (χ1v) is 31.3. The molecule has 0 unspecified atom stereocenters. The van der Waals surface area contributed by atoms with E-state index in [1.165, 1.54) is 223 Å². The zero-order valence-electron chi connectivity index (χ0n) is 48.0. The molecule has 0 amide bonds. The predicted molar refractivity (Wildman–Crippen MR) is 383 cm³/mol. The van der Waals surface area contributed by atoms with Crippen molar-refractivity contribution < 1.29 is 0 Å². The minimum absolute atomic E-state index is 0.0989. The summed E-state index contributed by atoms with van der Waals surface area (Å²) >= 11 is 0. The first-order valence-electron chi connectivity index (χ1n) is 31.3. The zero-order chi connectivity index (χ0) is 57.2. The molecule has 0 spiro atoms. The Morgan fingerprint density at radius 3 is 0.989 bits per heavy atom. The monoisotopic (exact) mass is 1120 g/mol. The van der Waals surface area contributed by atoms with Crippen LogP contribution in [0.25, 0.3) is 207 Å². The van der Waals surface area contributed by atoms with Gasteiger partial charge in [0.1, 0.15) is 0 Å². The largest absolute Gasteiger partial charge is 0.310 e. The summed E-state index contributed by atoms with van der Waals surface area (Å²) in [6.07, 6.45) is 0. The molecule has 0 fully saturated rings. The molecule has 402 valence electrons. The highest BCUT2D eigenvalue weighted by molar-refractivity contribution is 7.01. The molecule has 2 aliphatic rings. The van der Waals surface area contributed by atoms with Crippen LogP contribution >= 0.6 is 0 Å². The van der Waals surface area contributed by atoms with E-state index >= 15 is 0 Å². The minimum Gasteiger partial charge on any atom is -0.310 e. The van der Waals surface area contributed by atoms with Crippen LogP contribution in [0.4, 0.5) is 0 Å². The summed E-state index contributed by atoms with van der Waals surface area (Å²) in [5.41, 5.74) is 16.6. The van der Waals surface area contributed by atoms with Gasteiger partial charge >= 0.3 is 0 Å². The molecule has 0 bridgehead atoms. The third kappa shape index (κ3) is 5.47. The number of nitrogens with zero attached hydrogens (tertiary/aromatic N) is 2. The van der Waals surface area contributed by atoms with Gasteiger partial charge in [-0.2, -0.15) is 0 Å². The number of fused-ring (bicyclic) bond motifs is 24. The lowest BCUT2D eigenvalue weighted by atomic mass is 9.34. The number of hydrogen-bond donors (Lipinski definition) is 0. The van der Waals surface area contributed by atoms with Gasteiger partial charge in [-0.25, -0.2) is 0 Å². The molecule has 89 heavy (non-hydrogen) atoms. The molecular weight excluding hydrogens is 1070 g/mol. The fourth-order valence-corrected chi connectivity index (χ4v) is 18.2. The van der Waals surface area contributed by atoms with Gasteiger partial charge in [-0.15, -0.1) is 0 Å². The fourth-order valence-electron chi connectivity index (χ4n) is 18.2. The van der Waals surface area contributed by atoms with Crippen LogP contribution in [-0.2, 0) is 0 Å². The van der Waals surface area contributed by atoms with E-state index in [-0.39, 0.29) is 6.71 Å². The van der Waals surface area contributed by atoms with Crippen LogP contribution in [0.2, 0.25) is 0 Å². The van der Waals surface area contributed by atoms with Crippen molar-refractivity contribution >= 4 is 196 Å². The summed E-state index contributed by atoms with van der Waals surface area (Å²) in [5, 5.41) is 36.4. The summed E-state index contributed by atoms with van der Waals surface area (Å²) in [5.74, 6) is 0. The van der Waals surface area contributed by atoms with Crippen LogP contribution in [0.3, 0.4) is 0 Å². The van der Waals surface area contributed by atoms with Gasteiger partial charge < -0.3 is 9.13 Å². The maximum absolute atomic E-state index is 2.68. The molecule has 0 saturated heterocycles. The van der Waals surface area contributed by atoms with Crippen molar-refractivity contribution in [2.24, 2.45) is 0 Å². The van der Waals surface area contributed by atoms with E-state index in [9.17, 15) is 0 Å². The van der Waals surface area contributed by atoms with Crippen LogP contribution in [0.1, 0.15) is 0 Å². The second kappa shape index (κ2) is 15.9. The number of hydrogen-bond acceptors (Lipinski definition) is 0. The molecule has 2 aliphatic heterocycles. The van der Waals surface area contributed by atoms with Crippen LogP contribution in [0, 0.1) is 0 Å². The van der Waals surface area contributed by atoms with E-state index in [4.69, 9.17) is 0 Å².